The molecule has 0 aromatic carbocycles. The third-order valence-corrected chi connectivity index (χ3v) is 5.49. The molecule has 2 aromatic rings. The number of alkyl halides is 1. The van der Waals surface area contributed by atoms with E-state index in [1.807, 2.05) is 24.8 Å². The maximum absolute atomic E-state index is 6.34. The van der Waals surface area contributed by atoms with Crippen molar-refractivity contribution in [2.24, 2.45) is 0 Å². The second-order valence-corrected chi connectivity index (χ2v) is 7.39. The monoisotopic (exact) mass is 329 g/mol. The van der Waals surface area contributed by atoms with E-state index in [1.54, 1.807) is 6.20 Å². The van der Waals surface area contributed by atoms with E-state index in [0.29, 0.717) is 16.3 Å². The first-order valence-electron chi connectivity index (χ1n) is 6.82. The fraction of sp³-hybridized carbons (Fsp3) is 0.571. The number of rotatable bonds is 3. The van der Waals surface area contributed by atoms with E-state index in [9.17, 15) is 0 Å². The van der Waals surface area contributed by atoms with Crippen LogP contribution in [-0.4, -0.2) is 26.0 Å². The van der Waals surface area contributed by atoms with Crippen molar-refractivity contribution in [1.29, 1.82) is 0 Å². The standard InChI is InChI=1S/C14H17Cl2N3S/c1-8(15)13-18-10-6-9(16)7-17-14(10)19(13)11-4-3-5-12(11)20-2/h6-8,11-12H,3-5H2,1-2H3. The van der Waals surface area contributed by atoms with E-state index in [0.717, 1.165) is 23.4 Å². The Balaban J connectivity index is 2.18. The van der Waals surface area contributed by atoms with Crippen molar-refractivity contribution >= 4 is 46.1 Å². The molecule has 0 bridgehead atoms. The summed E-state index contributed by atoms with van der Waals surface area (Å²) in [6, 6.07) is 2.30. The lowest BCUT2D eigenvalue weighted by Gasteiger charge is -2.22. The van der Waals surface area contributed by atoms with E-state index in [1.165, 1.54) is 12.8 Å². The van der Waals surface area contributed by atoms with Crippen LogP contribution in [0.2, 0.25) is 5.02 Å². The summed E-state index contributed by atoms with van der Waals surface area (Å²) >= 11 is 14.3. The Hall–Kier alpha value is -0.450. The number of imidazole rings is 1. The van der Waals surface area contributed by atoms with Gasteiger partial charge in [0, 0.05) is 17.5 Å². The highest BCUT2D eigenvalue weighted by Crippen LogP contribution is 2.41. The highest BCUT2D eigenvalue weighted by molar-refractivity contribution is 7.99. The molecule has 1 aliphatic rings. The fourth-order valence-electron chi connectivity index (χ4n) is 3.06. The van der Waals surface area contributed by atoms with Gasteiger partial charge in [-0.05, 0) is 32.1 Å². The van der Waals surface area contributed by atoms with Gasteiger partial charge in [-0.25, -0.2) is 9.97 Å². The molecule has 0 spiro atoms. The van der Waals surface area contributed by atoms with Crippen LogP contribution < -0.4 is 0 Å². The first-order chi connectivity index (χ1) is 9.61. The summed E-state index contributed by atoms with van der Waals surface area (Å²) < 4.78 is 2.25. The van der Waals surface area contributed by atoms with E-state index in [4.69, 9.17) is 23.2 Å². The lowest BCUT2D eigenvalue weighted by molar-refractivity contribution is 0.516. The molecule has 2 aromatic heterocycles. The summed E-state index contributed by atoms with van der Waals surface area (Å²) in [4.78, 5) is 9.16. The van der Waals surface area contributed by atoms with Crippen molar-refractivity contribution in [2.45, 2.75) is 42.9 Å². The van der Waals surface area contributed by atoms with Crippen LogP contribution in [0.1, 0.15) is 43.4 Å². The number of nitrogens with zero attached hydrogens (tertiary/aromatic N) is 3. The molecular weight excluding hydrogens is 313 g/mol. The van der Waals surface area contributed by atoms with Crippen LogP contribution in [0.15, 0.2) is 12.3 Å². The number of hydrogen-bond donors (Lipinski definition) is 0. The third kappa shape index (κ3) is 2.42. The first kappa shape index (κ1) is 14.5. The molecular formula is C14H17Cl2N3S. The highest BCUT2D eigenvalue weighted by atomic mass is 35.5. The second kappa shape index (κ2) is 5.74. The zero-order valence-electron chi connectivity index (χ0n) is 11.5. The number of aromatic nitrogens is 3. The minimum atomic E-state index is -0.133. The quantitative estimate of drug-likeness (QED) is 0.755. The number of fused-ring (bicyclic) bond motifs is 1. The Labute approximate surface area is 133 Å². The highest BCUT2D eigenvalue weighted by Gasteiger charge is 2.32. The molecule has 3 unspecified atom stereocenters. The Bertz CT molecular complexity index is 626. The predicted molar refractivity (Wildman–Crippen MR) is 87.0 cm³/mol. The summed E-state index contributed by atoms with van der Waals surface area (Å²) in [5, 5.41) is 1.09. The summed E-state index contributed by atoms with van der Waals surface area (Å²) in [7, 11) is 0. The van der Waals surface area contributed by atoms with Crippen LogP contribution in [-0.2, 0) is 0 Å². The van der Waals surface area contributed by atoms with E-state index < -0.39 is 0 Å². The Kier molecular flexibility index (Phi) is 4.16. The van der Waals surface area contributed by atoms with Gasteiger partial charge in [0.1, 0.15) is 11.3 Å². The summed E-state index contributed by atoms with van der Waals surface area (Å²) in [5.74, 6) is 0.905. The Morgan fingerprint density at radius 2 is 2.25 bits per heavy atom. The molecule has 3 nitrogen and oxygen atoms in total. The molecule has 108 valence electrons. The van der Waals surface area contributed by atoms with Crippen LogP contribution in [0, 0.1) is 0 Å². The average Bonchev–Trinajstić information content (AvgIpc) is 3.00. The summed E-state index contributed by atoms with van der Waals surface area (Å²) in [6.07, 6.45) is 7.52. The zero-order chi connectivity index (χ0) is 14.3. The third-order valence-electron chi connectivity index (χ3n) is 3.93. The Morgan fingerprint density at radius 3 is 2.95 bits per heavy atom. The van der Waals surface area contributed by atoms with Crippen LogP contribution in [0.3, 0.4) is 0 Å². The van der Waals surface area contributed by atoms with E-state index in [2.05, 4.69) is 20.8 Å². The van der Waals surface area contributed by atoms with Gasteiger partial charge < -0.3 is 4.57 Å². The Morgan fingerprint density at radius 1 is 1.45 bits per heavy atom. The summed E-state index contributed by atoms with van der Waals surface area (Å²) in [6.45, 7) is 1.96. The smallest absolute Gasteiger partial charge is 0.160 e. The molecule has 1 saturated carbocycles. The first-order valence-corrected chi connectivity index (χ1v) is 8.92. The van der Waals surface area contributed by atoms with Gasteiger partial charge in [0.25, 0.3) is 0 Å². The molecule has 0 saturated heterocycles. The number of halogens is 2. The van der Waals surface area contributed by atoms with Crippen molar-refractivity contribution in [3.05, 3.63) is 23.1 Å². The minimum Gasteiger partial charge on any atom is -0.307 e. The van der Waals surface area contributed by atoms with Gasteiger partial charge in [-0.2, -0.15) is 11.8 Å². The zero-order valence-corrected chi connectivity index (χ0v) is 13.8. The van der Waals surface area contributed by atoms with Gasteiger partial charge in [0.15, 0.2) is 5.65 Å². The molecule has 0 radical (unpaired) electrons. The largest absolute Gasteiger partial charge is 0.307 e. The van der Waals surface area contributed by atoms with Crippen molar-refractivity contribution in [3.63, 3.8) is 0 Å². The van der Waals surface area contributed by atoms with Crippen LogP contribution in [0.25, 0.3) is 11.2 Å². The number of hydrogen-bond acceptors (Lipinski definition) is 3. The molecule has 1 aliphatic carbocycles. The predicted octanol–water partition coefficient (Wildman–Crippen LogP) is 4.84. The van der Waals surface area contributed by atoms with E-state index in [-0.39, 0.29) is 5.38 Å². The van der Waals surface area contributed by atoms with E-state index >= 15 is 0 Å². The van der Waals surface area contributed by atoms with Crippen LogP contribution in [0.5, 0.6) is 0 Å². The fourth-order valence-corrected chi connectivity index (χ4v) is 4.34. The molecule has 3 rings (SSSR count). The number of pyridine rings is 1. The molecule has 3 atom stereocenters. The molecule has 0 N–H and O–H groups in total. The van der Waals surface area contributed by atoms with Gasteiger partial charge in [-0.1, -0.05) is 18.0 Å². The maximum atomic E-state index is 6.34. The lowest BCUT2D eigenvalue weighted by Crippen LogP contribution is -2.18. The molecule has 6 heteroatoms. The maximum Gasteiger partial charge on any atom is 0.160 e. The second-order valence-electron chi connectivity index (χ2n) is 5.22. The lowest BCUT2D eigenvalue weighted by atomic mass is 10.2. The van der Waals surface area contributed by atoms with Crippen molar-refractivity contribution in [3.8, 4) is 0 Å². The topological polar surface area (TPSA) is 30.7 Å². The molecule has 1 fully saturated rings. The van der Waals surface area contributed by atoms with Crippen molar-refractivity contribution in [1.82, 2.24) is 14.5 Å². The van der Waals surface area contributed by atoms with Crippen LogP contribution >= 0.6 is 35.0 Å². The molecule has 20 heavy (non-hydrogen) atoms. The van der Waals surface area contributed by atoms with Gasteiger partial charge in [-0.3, -0.25) is 0 Å². The van der Waals surface area contributed by atoms with Crippen LogP contribution in [0.4, 0.5) is 0 Å². The van der Waals surface area contributed by atoms with Crippen molar-refractivity contribution in [2.75, 3.05) is 6.26 Å². The molecule has 2 heterocycles. The van der Waals surface area contributed by atoms with Crippen molar-refractivity contribution < 1.29 is 0 Å². The summed E-state index contributed by atoms with van der Waals surface area (Å²) in [5.41, 5.74) is 1.75. The van der Waals surface area contributed by atoms with Gasteiger partial charge in [0.05, 0.1) is 10.4 Å². The van der Waals surface area contributed by atoms with Gasteiger partial charge >= 0.3 is 0 Å². The minimum absolute atomic E-state index is 0.133. The van der Waals surface area contributed by atoms with Gasteiger partial charge in [0.2, 0.25) is 0 Å². The number of thioether (sulfide) groups is 1. The SMILES string of the molecule is CSC1CCCC1n1c(C(C)Cl)nc2cc(Cl)cnc21. The van der Waals surface area contributed by atoms with Gasteiger partial charge in [-0.15, -0.1) is 11.6 Å². The average molecular weight is 330 g/mol. The molecule has 0 amide bonds. The molecule has 0 aliphatic heterocycles. The normalized spacial score (nSPS) is 24.4.